The minimum atomic E-state index is -0.158. The van der Waals surface area contributed by atoms with Gasteiger partial charge in [0, 0.05) is 19.7 Å². The highest BCUT2D eigenvalue weighted by Crippen LogP contribution is 2.36. The van der Waals surface area contributed by atoms with Crippen LogP contribution in [0.2, 0.25) is 0 Å². The Labute approximate surface area is 114 Å². The van der Waals surface area contributed by atoms with Crippen molar-refractivity contribution in [3.8, 4) is 0 Å². The minimum Gasteiger partial charge on any atom is -0.447 e. The largest absolute Gasteiger partial charge is 0.447 e. The van der Waals surface area contributed by atoms with Crippen molar-refractivity contribution in [3.05, 3.63) is 11.1 Å². The van der Waals surface area contributed by atoms with Crippen molar-refractivity contribution in [2.24, 2.45) is 0 Å². The molecule has 1 amide bonds. The molecule has 0 radical (unpaired) electrons. The Morgan fingerprint density at radius 3 is 2.53 bits per heavy atom. The molecule has 0 aromatic rings. The maximum atomic E-state index is 12.0. The summed E-state index contributed by atoms with van der Waals surface area (Å²) in [5.41, 5.74) is 3.24. The third-order valence-corrected chi connectivity index (χ3v) is 4.29. The number of allylic oxidation sites excluding steroid dienone is 1. The van der Waals surface area contributed by atoms with Gasteiger partial charge in [-0.05, 0) is 44.9 Å². The van der Waals surface area contributed by atoms with Crippen LogP contribution in [0.3, 0.4) is 0 Å². The molecule has 0 N–H and O–H groups in total. The summed E-state index contributed by atoms with van der Waals surface area (Å²) in [6.07, 6.45) is 7.97. The second-order valence-electron chi connectivity index (χ2n) is 5.76. The molecule has 1 saturated carbocycles. The lowest BCUT2D eigenvalue weighted by Crippen LogP contribution is -2.38. The number of piperidine rings is 1. The van der Waals surface area contributed by atoms with E-state index in [2.05, 4.69) is 0 Å². The lowest BCUT2D eigenvalue weighted by molar-refractivity contribution is -0.0282. The van der Waals surface area contributed by atoms with Crippen molar-refractivity contribution in [1.29, 1.82) is 0 Å². The third kappa shape index (κ3) is 3.50. The van der Waals surface area contributed by atoms with E-state index < -0.39 is 0 Å². The molecule has 1 atom stereocenters. The number of carbonyl (C=O) groups is 1. The summed E-state index contributed by atoms with van der Waals surface area (Å²) in [7, 11) is 0. The van der Waals surface area contributed by atoms with Crippen LogP contribution in [0.4, 0.5) is 4.79 Å². The number of ether oxygens (including phenoxy) is 2. The van der Waals surface area contributed by atoms with Gasteiger partial charge in [0.25, 0.3) is 0 Å². The monoisotopic (exact) mass is 265 g/mol. The summed E-state index contributed by atoms with van der Waals surface area (Å²) in [4.78, 5) is 13.8. The Kier molecular flexibility index (Phi) is 4.06. The van der Waals surface area contributed by atoms with Crippen molar-refractivity contribution in [2.75, 3.05) is 26.3 Å². The first-order valence-electron chi connectivity index (χ1n) is 7.56. The Morgan fingerprint density at radius 1 is 1.16 bits per heavy atom. The standard InChI is InChI=1S/C15H23NO3/c17-15(19-11-14-3-1-2-10-18-14)16-8-6-13(7-9-16)12-4-5-12/h14H,1-11H2. The van der Waals surface area contributed by atoms with Crippen LogP contribution in [-0.4, -0.2) is 43.4 Å². The molecule has 1 unspecified atom stereocenters. The van der Waals surface area contributed by atoms with Gasteiger partial charge in [0.05, 0.1) is 6.10 Å². The topological polar surface area (TPSA) is 38.8 Å². The molecule has 0 spiro atoms. The predicted octanol–water partition coefficient (Wildman–Crippen LogP) is 2.88. The van der Waals surface area contributed by atoms with Gasteiger partial charge in [-0.2, -0.15) is 0 Å². The summed E-state index contributed by atoms with van der Waals surface area (Å²) in [5.74, 6) is 0. The third-order valence-electron chi connectivity index (χ3n) is 4.29. The van der Waals surface area contributed by atoms with Crippen molar-refractivity contribution in [2.45, 2.75) is 51.0 Å². The highest BCUT2D eigenvalue weighted by atomic mass is 16.6. The molecular weight excluding hydrogens is 242 g/mol. The summed E-state index contributed by atoms with van der Waals surface area (Å²) in [6.45, 7) is 2.87. The van der Waals surface area contributed by atoms with Crippen LogP contribution in [0.5, 0.6) is 0 Å². The van der Waals surface area contributed by atoms with Gasteiger partial charge in [0.2, 0.25) is 0 Å². The molecule has 2 aliphatic heterocycles. The summed E-state index contributed by atoms with van der Waals surface area (Å²) >= 11 is 0. The van der Waals surface area contributed by atoms with Crippen molar-refractivity contribution in [1.82, 2.24) is 4.90 Å². The molecule has 19 heavy (non-hydrogen) atoms. The first-order chi connectivity index (χ1) is 9.33. The van der Waals surface area contributed by atoms with Crippen LogP contribution in [0.15, 0.2) is 11.1 Å². The fourth-order valence-electron chi connectivity index (χ4n) is 2.92. The summed E-state index contributed by atoms with van der Waals surface area (Å²) in [5, 5.41) is 0. The summed E-state index contributed by atoms with van der Waals surface area (Å²) in [6, 6.07) is 0. The second-order valence-corrected chi connectivity index (χ2v) is 5.76. The number of amides is 1. The molecule has 0 aromatic carbocycles. The number of likely N-dealkylation sites (tertiary alicyclic amines) is 1. The lowest BCUT2D eigenvalue weighted by atomic mass is 10.0. The summed E-state index contributed by atoms with van der Waals surface area (Å²) < 4.78 is 10.9. The molecule has 4 heteroatoms. The molecule has 3 rings (SSSR count). The van der Waals surface area contributed by atoms with E-state index in [0.717, 1.165) is 45.4 Å². The highest BCUT2D eigenvalue weighted by Gasteiger charge is 2.25. The fourth-order valence-corrected chi connectivity index (χ4v) is 2.92. The van der Waals surface area contributed by atoms with Gasteiger partial charge in [-0.3, -0.25) is 0 Å². The molecule has 3 aliphatic rings. The zero-order valence-electron chi connectivity index (χ0n) is 11.5. The number of hydrogen-bond donors (Lipinski definition) is 0. The molecule has 2 heterocycles. The smallest absolute Gasteiger partial charge is 0.409 e. The maximum Gasteiger partial charge on any atom is 0.409 e. The quantitative estimate of drug-likeness (QED) is 0.721. The van der Waals surface area contributed by atoms with Gasteiger partial charge in [0.15, 0.2) is 0 Å². The molecule has 0 bridgehead atoms. The van der Waals surface area contributed by atoms with E-state index in [4.69, 9.17) is 9.47 Å². The normalized spacial score (nSPS) is 27.4. The van der Waals surface area contributed by atoms with Gasteiger partial charge >= 0.3 is 6.09 Å². The van der Waals surface area contributed by atoms with Gasteiger partial charge < -0.3 is 14.4 Å². The molecule has 106 valence electrons. The average Bonchev–Trinajstić information content (AvgIpc) is 3.31. The van der Waals surface area contributed by atoms with E-state index in [1.165, 1.54) is 19.3 Å². The Hall–Kier alpha value is -1.03. The Balaban J connectivity index is 1.39. The number of carbonyl (C=O) groups excluding carboxylic acids is 1. The lowest BCUT2D eigenvalue weighted by Gasteiger charge is -2.29. The fraction of sp³-hybridized carbons (Fsp3) is 0.800. The predicted molar refractivity (Wildman–Crippen MR) is 72.0 cm³/mol. The van der Waals surface area contributed by atoms with Gasteiger partial charge in [-0.25, -0.2) is 4.79 Å². The van der Waals surface area contributed by atoms with E-state index in [0.29, 0.717) is 6.61 Å². The minimum absolute atomic E-state index is 0.117. The zero-order chi connectivity index (χ0) is 13.1. The van der Waals surface area contributed by atoms with Gasteiger partial charge in [-0.15, -0.1) is 0 Å². The van der Waals surface area contributed by atoms with Crippen molar-refractivity contribution < 1.29 is 14.3 Å². The molecule has 1 aliphatic carbocycles. The van der Waals surface area contributed by atoms with E-state index in [9.17, 15) is 4.79 Å². The Morgan fingerprint density at radius 2 is 1.89 bits per heavy atom. The molecule has 3 fully saturated rings. The van der Waals surface area contributed by atoms with Crippen LogP contribution >= 0.6 is 0 Å². The van der Waals surface area contributed by atoms with E-state index in [1.54, 1.807) is 11.1 Å². The number of nitrogens with zero attached hydrogens (tertiary/aromatic N) is 1. The second kappa shape index (κ2) is 5.95. The van der Waals surface area contributed by atoms with Gasteiger partial charge in [-0.1, -0.05) is 11.1 Å². The first kappa shape index (κ1) is 13.0. The first-order valence-corrected chi connectivity index (χ1v) is 7.56. The Bertz CT molecular complexity index is 356. The zero-order valence-corrected chi connectivity index (χ0v) is 11.5. The van der Waals surface area contributed by atoms with E-state index in [-0.39, 0.29) is 12.2 Å². The van der Waals surface area contributed by atoms with Crippen LogP contribution < -0.4 is 0 Å². The maximum absolute atomic E-state index is 12.0. The highest BCUT2D eigenvalue weighted by molar-refractivity contribution is 5.68. The van der Waals surface area contributed by atoms with E-state index in [1.807, 2.05) is 4.90 Å². The van der Waals surface area contributed by atoms with Crippen LogP contribution in [0, 0.1) is 0 Å². The van der Waals surface area contributed by atoms with Crippen LogP contribution in [0.25, 0.3) is 0 Å². The number of hydrogen-bond acceptors (Lipinski definition) is 3. The SMILES string of the molecule is O=C(OCC1CCCCO1)N1CCC(=C2CC2)CC1. The molecule has 0 aromatic heterocycles. The van der Waals surface area contributed by atoms with Crippen molar-refractivity contribution >= 4 is 6.09 Å². The average molecular weight is 265 g/mol. The van der Waals surface area contributed by atoms with Crippen LogP contribution in [-0.2, 0) is 9.47 Å². The van der Waals surface area contributed by atoms with E-state index >= 15 is 0 Å². The molecule has 4 nitrogen and oxygen atoms in total. The van der Waals surface area contributed by atoms with Crippen molar-refractivity contribution in [3.63, 3.8) is 0 Å². The van der Waals surface area contributed by atoms with Gasteiger partial charge in [0.1, 0.15) is 6.61 Å². The number of rotatable bonds is 2. The van der Waals surface area contributed by atoms with Crippen LogP contribution in [0.1, 0.15) is 44.9 Å². The molecular formula is C15H23NO3. The molecule has 2 saturated heterocycles.